The normalized spacial score (nSPS) is 10.7. The van der Waals surface area contributed by atoms with Crippen molar-refractivity contribution >= 4 is 23.5 Å². The van der Waals surface area contributed by atoms with E-state index in [1.54, 1.807) is 6.08 Å². The Morgan fingerprint density at radius 1 is 1.46 bits per heavy atom. The molecule has 13 heavy (non-hydrogen) atoms. The molecule has 1 nitrogen and oxygen atoms in total. The Hall–Kier alpha value is -1.08. The molecule has 2 heteroatoms. The molecular formula is C11H11ClO. The van der Waals surface area contributed by atoms with Gasteiger partial charge >= 0.3 is 0 Å². The van der Waals surface area contributed by atoms with Gasteiger partial charge in [0.2, 0.25) is 0 Å². The summed E-state index contributed by atoms with van der Waals surface area (Å²) in [6.45, 7) is 3.47. The third kappa shape index (κ3) is 3.03. The average Bonchev–Trinajstić information content (AvgIpc) is 2.07. The molecule has 0 atom stereocenters. The van der Waals surface area contributed by atoms with Gasteiger partial charge in [-0.3, -0.25) is 4.79 Å². The fourth-order valence-electron chi connectivity index (χ4n) is 0.926. The lowest BCUT2D eigenvalue weighted by Crippen LogP contribution is -1.81. The summed E-state index contributed by atoms with van der Waals surface area (Å²) in [5, 5.41) is 0.728. The maximum atomic E-state index is 10.6. The third-order valence-corrected chi connectivity index (χ3v) is 2.11. The molecule has 0 fully saturated rings. The topological polar surface area (TPSA) is 17.1 Å². The lowest BCUT2D eigenvalue weighted by atomic mass is 10.1. The van der Waals surface area contributed by atoms with Crippen molar-refractivity contribution in [3.8, 4) is 0 Å². The van der Waals surface area contributed by atoms with Crippen molar-refractivity contribution in [2.75, 3.05) is 0 Å². The molecule has 1 rings (SSSR count). The van der Waals surface area contributed by atoms with Crippen LogP contribution in [0.1, 0.15) is 18.1 Å². The van der Waals surface area contributed by atoms with Gasteiger partial charge in [-0.15, -0.1) is 0 Å². The first-order chi connectivity index (χ1) is 6.09. The fraction of sp³-hybridized carbons (Fsp3) is 0.182. The van der Waals surface area contributed by atoms with Crippen LogP contribution in [-0.4, -0.2) is 5.78 Å². The van der Waals surface area contributed by atoms with E-state index in [4.69, 9.17) is 11.6 Å². The second-order valence-electron chi connectivity index (χ2n) is 2.95. The zero-order valence-electron chi connectivity index (χ0n) is 7.67. The Labute approximate surface area is 83.0 Å². The summed E-state index contributed by atoms with van der Waals surface area (Å²) in [5.41, 5.74) is 1.99. The Balaban J connectivity index is 2.92. The van der Waals surface area contributed by atoms with E-state index < -0.39 is 0 Å². The molecule has 0 heterocycles. The average molecular weight is 195 g/mol. The standard InChI is InChI=1S/C11H11ClO/c1-8-3-5-10(7-11(8)12)6-4-9(2)13/h3-7H,1-2H3/b6-4+. The Kier molecular flexibility index (Phi) is 3.26. The van der Waals surface area contributed by atoms with Crippen molar-refractivity contribution < 1.29 is 4.79 Å². The smallest absolute Gasteiger partial charge is 0.152 e. The number of carbonyl (C=O) groups is 1. The number of carbonyl (C=O) groups excluding carboxylic acids is 1. The molecule has 0 spiro atoms. The van der Waals surface area contributed by atoms with Crippen molar-refractivity contribution in [1.82, 2.24) is 0 Å². The minimum atomic E-state index is 0.0386. The van der Waals surface area contributed by atoms with Crippen molar-refractivity contribution in [3.05, 3.63) is 40.4 Å². The van der Waals surface area contributed by atoms with E-state index >= 15 is 0 Å². The van der Waals surface area contributed by atoms with Crippen LogP contribution in [0, 0.1) is 6.92 Å². The van der Waals surface area contributed by atoms with Gasteiger partial charge in [-0.05, 0) is 37.1 Å². The lowest BCUT2D eigenvalue weighted by Gasteiger charge is -1.98. The highest BCUT2D eigenvalue weighted by molar-refractivity contribution is 6.31. The second kappa shape index (κ2) is 4.24. The molecule has 68 valence electrons. The first-order valence-corrected chi connectivity index (χ1v) is 4.42. The van der Waals surface area contributed by atoms with E-state index in [0.29, 0.717) is 0 Å². The largest absolute Gasteiger partial charge is 0.295 e. The van der Waals surface area contributed by atoms with Crippen LogP contribution in [0.2, 0.25) is 5.02 Å². The van der Waals surface area contributed by atoms with E-state index in [9.17, 15) is 4.79 Å². The monoisotopic (exact) mass is 194 g/mol. The van der Waals surface area contributed by atoms with Gasteiger partial charge in [0.25, 0.3) is 0 Å². The van der Waals surface area contributed by atoms with Gasteiger partial charge < -0.3 is 0 Å². The molecule has 0 aromatic heterocycles. The summed E-state index contributed by atoms with van der Waals surface area (Å²) in [7, 11) is 0. The molecule has 0 bridgehead atoms. The molecule has 0 aliphatic heterocycles. The van der Waals surface area contributed by atoms with E-state index in [0.717, 1.165) is 16.1 Å². The molecule has 0 radical (unpaired) electrons. The zero-order chi connectivity index (χ0) is 9.84. The van der Waals surface area contributed by atoms with Crippen LogP contribution in [0.5, 0.6) is 0 Å². The summed E-state index contributed by atoms with van der Waals surface area (Å²) in [6, 6.07) is 5.71. The number of benzene rings is 1. The van der Waals surface area contributed by atoms with Gasteiger partial charge in [0.15, 0.2) is 5.78 Å². The van der Waals surface area contributed by atoms with Gasteiger partial charge in [0, 0.05) is 5.02 Å². The van der Waals surface area contributed by atoms with Crippen LogP contribution < -0.4 is 0 Å². The van der Waals surface area contributed by atoms with Crippen molar-refractivity contribution in [2.24, 2.45) is 0 Å². The summed E-state index contributed by atoms with van der Waals surface area (Å²) in [4.78, 5) is 10.6. The van der Waals surface area contributed by atoms with E-state index in [1.165, 1.54) is 13.0 Å². The summed E-state index contributed by atoms with van der Waals surface area (Å²) in [6.07, 6.45) is 3.29. The lowest BCUT2D eigenvalue weighted by molar-refractivity contribution is -0.112. The highest BCUT2D eigenvalue weighted by atomic mass is 35.5. The molecule has 0 aliphatic rings. The van der Waals surface area contributed by atoms with Crippen molar-refractivity contribution in [1.29, 1.82) is 0 Å². The van der Waals surface area contributed by atoms with Gasteiger partial charge in [0.05, 0.1) is 0 Å². The third-order valence-electron chi connectivity index (χ3n) is 1.71. The molecule has 0 saturated carbocycles. The molecule has 0 amide bonds. The van der Waals surface area contributed by atoms with Gasteiger partial charge in [-0.1, -0.05) is 29.8 Å². The first-order valence-electron chi connectivity index (χ1n) is 4.04. The summed E-state index contributed by atoms with van der Waals surface area (Å²) >= 11 is 5.91. The molecule has 0 aliphatic carbocycles. The van der Waals surface area contributed by atoms with Crippen LogP contribution in [0.3, 0.4) is 0 Å². The molecule has 1 aromatic carbocycles. The van der Waals surface area contributed by atoms with E-state index in [2.05, 4.69) is 0 Å². The van der Waals surface area contributed by atoms with E-state index in [-0.39, 0.29) is 5.78 Å². The predicted octanol–water partition coefficient (Wildman–Crippen LogP) is 3.25. The number of halogens is 1. The highest BCUT2D eigenvalue weighted by Gasteiger charge is 1.94. The first kappa shape index (κ1) is 10.0. The SMILES string of the molecule is CC(=O)/C=C/c1ccc(C)c(Cl)c1. The van der Waals surface area contributed by atoms with E-state index in [1.807, 2.05) is 25.1 Å². The van der Waals surface area contributed by atoms with Crippen molar-refractivity contribution in [2.45, 2.75) is 13.8 Å². The van der Waals surface area contributed by atoms with Crippen LogP contribution in [0.15, 0.2) is 24.3 Å². The summed E-state index contributed by atoms with van der Waals surface area (Å²) < 4.78 is 0. The Morgan fingerprint density at radius 2 is 2.15 bits per heavy atom. The zero-order valence-corrected chi connectivity index (χ0v) is 8.43. The van der Waals surface area contributed by atoms with Crippen LogP contribution in [-0.2, 0) is 4.79 Å². The highest BCUT2D eigenvalue weighted by Crippen LogP contribution is 2.17. The van der Waals surface area contributed by atoms with Gasteiger partial charge in [-0.25, -0.2) is 0 Å². The van der Waals surface area contributed by atoms with Crippen LogP contribution in [0.25, 0.3) is 6.08 Å². The number of rotatable bonds is 2. The number of ketones is 1. The number of allylic oxidation sites excluding steroid dienone is 1. The van der Waals surface area contributed by atoms with Gasteiger partial charge in [-0.2, -0.15) is 0 Å². The van der Waals surface area contributed by atoms with Crippen LogP contribution in [0.4, 0.5) is 0 Å². The molecule has 1 aromatic rings. The molecule has 0 unspecified atom stereocenters. The Bertz CT molecular complexity index is 353. The quantitative estimate of drug-likeness (QED) is 0.661. The Morgan fingerprint density at radius 3 is 2.69 bits per heavy atom. The number of aryl methyl sites for hydroxylation is 1. The minimum Gasteiger partial charge on any atom is -0.295 e. The second-order valence-corrected chi connectivity index (χ2v) is 3.36. The predicted molar refractivity (Wildman–Crippen MR) is 55.9 cm³/mol. The maximum absolute atomic E-state index is 10.6. The summed E-state index contributed by atoms with van der Waals surface area (Å²) in [5.74, 6) is 0.0386. The number of hydrogen-bond acceptors (Lipinski definition) is 1. The van der Waals surface area contributed by atoms with Crippen LogP contribution >= 0.6 is 11.6 Å². The maximum Gasteiger partial charge on any atom is 0.152 e. The molecular weight excluding hydrogens is 184 g/mol. The van der Waals surface area contributed by atoms with Crippen molar-refractivity contribution in [3.63, 3.8) is 0 Å². The minimum absolute atomic E-state index is 0.0386. The van der Waals surface area contributed by atoms with Gasteiger partial charge in [0.1, 0.15) is 0 Å². The fourth-order valence-corrected chi connectivity index (χ4v) is 1.12. The molecule has 0 saturated heterocycles. The molecule has 0 N–H and O–H groups in total. The number of hydrogen-bond donors (Lipinski definition) is 0.